The van der Waals surface area contributed by atoms with Crippen LogP contribution in [0.15, 0.2) is 12.3 Å². The van der Waals surface area contributed by atoms with Crippen LogP contribution in [0.2, 0.25) is 0 Å². The molecule has 11 heteroatoms. The van der Waals surface area contributed by atoms with Gasteiger partial charge in [-0.05, 0) is 30.4 Å². The Hall–Kier alpha value is -3.37. The molecule has 0 radical (unpaired) electrons. The van der Waals surface area contributed by atoms with E-state index >= 15 is 0 Å². The largest absolute Gasteiger partial charge is 0.491 e. The standard InChI is InChI=1S/C20H21F2N5O4/c21-18(22)13-9-31-20(29)27(13)16-8-26-4-5-30-14-6-12(24-7-15(23)28)10-2-1-3-11(10)17(14)19(26)25-16/h6,8,13,18,24H,1-5,7,9H2,(H2,23,28). The van der Waals surface area contributed by atoms with E-state index in [0.717, 1.165) is 46.5 Å². The fourth-order valence-electron chi connectivity index (χ4n) is 4.48. The van der Waals surface area contributed by atoms with Crippen LogP contribution in [0.3, 0.4) is 0 Å². The topological polar surface area (TPSA) is 112 Å². The Kier molecular flexibility index (Phi) is 4.67. The van der Waals surface area contributed by atoms with E-state index in [4.69, 9.17) is 15.2 Å². The molecule has 3 heterocycles. The van der Waals surface area contributed by atoms with Gasteiger partial charge in [0.05, 0.1) is 18.7 Å². The predicted molar refractivity (Wildman–Crippen MR) is 106 cm³/mol. The Morgan fingerprint density at radius 2 is 2.13 bits per heavy atom. The summed E-state index contributed by atoms with van der Waals surface area (Å²) in [7, 11) is 0. The van der Waals surface area contributed by atoms with Crippen molar-refractivity contribution in [2.75, 3.05) is 30.0 Å². The van der Waals surface area contributed by atoms with Gasteiger partial charge in [-0.15, -0.1) is 0 Å². The molecule has 1 saturated heterocycles. The number of fused-ring (bicyclic) bond motifs is 5. The second kappa shape index (κ2) is 7.40. The van der Waals surface area contributed by atoms with Gasteiger partial charge in [0.15, 0.2) is 5.82 Å². The fraction of sp³-hybridized carbons (Fsp3) is 0.450. The van der Waals surface area contributed by atoms with Crippen LogP contribution in [0, 0.1) is 0 Å². The third-order valence-electron chi connectivity index (χ3n) is 5.84. The number of carbonyl (C=O) groups is 2. The molecule has 2 aromatic rings. The molecule has 0 bridgehead atoms. The van der Waals surface area contributed by atoms with E-state index < -0.39 is 24.5 Å². The van der Waals surface area contributed by atoms with Gasteiger partial charge in [0.1, 0.15) is 30.8 Å². The Bertz CT molecular complexity index is 1070. The third-order valence-corrected chi connectivity index (χ3v) is 5.84. The average molecular weight is 433 g/mol. The van der Waals surface area contributed by atoms with E-state index in [9.17, 15) is 18.4 Å². The predicted octanol–water partition coefficient (Wildman–Crippen LogP) is 1.92. The minimum Gasteiger partial charge on any atom is -0.491 e. The van der Waals surface area contributed by atoms with Crippen molar-refractivity contribution >= 4 is 23.5 Å². The van der Waals surface area contributed by atoms with Crippen molar-refractivity contribution in [2.45, 2.75) is 38.3 Å². The molecule has 3 aliphatic rings. The number of carbonyl (C=O) groups excluding carboxylic acids is 2. The molecule has 1 aliphatic carbocycles. The van der Waals surface area contributed by atoms with Gasteiger partial charge in [-0.25, -0.2) is 23.5 Å². The van der Waals surface area contributed by atoms with Crippen LogP contribution in [0.5, 0.6) is 5.75 Å². The van der Waals surface area contributed by atoms with Crippen LogP contribution < -0.4 is 20.7 Å². The summed E-state index contributed by atoms with van der Waals surface area (Å²) >= 11 is 0. The summed E-state index contributed by atoms with van der Waals surface area (Å²) in [4.78, 5) is 28.9. The normalized spacial score (nSPS) is 19.4. The molecule has 3 N–H and O–H groups in total. The number of nitrogens with two attached hydrogens (primary N) is 1. The van der Waals surface area contributed by atoms with Crippen molar-refractivity contribution < 1.29 is 27.8 Å². The third kappa shape index (κ3) is 3.24. The summed E-state index contributed by atoms with van der Waals surface area (Å²) in [6.45, 7) is 0.420. The van der Waals surface area contributed by atoms with Gasteiger partial charge in [0, 0.05) is 18.0 Å². The molecule has 1 atom stereocenters. The average Bonchev–Trinajstić information content (AvgIpc) is 3.42. The van der Waals surface area contributed by atoms with Crippen molar-refractivity contribution in [3.05, 3.63) is 23.4 Å². The number of halogens is 2. The van der Waals surface area contributed by atoms with E-state index in [1.807, 2.05) is 10.6 Å². The molecule has 9 nitrogen and oxygen atoms in total. The van der Waals surface area contributed by atoms with Gasteiger partial charge >= 0.3 is 6.09 Å². The first kappa shape index (κ1) is 19.6. The fourth-order valence-corrected chi connectivity index (χ4v) is 4.48. The van der Waals surface area contributed by atoms with Gasteiger partial charge < -0.3 is 25.1 Å². The molecule has 2 amide bonds. The van der Waals surface area contributed by atoms with E-state index in [2.05, 4.69) is 10.3 Å². The summed E-state index contributed by atoms with van der Waals surface area (Å²) in [5.74, 6) is 0.833. The molecule has 2 aliphatic heterocycles. The minimum atomic E-state index is -2.74. The number of imidazole rings is 1. The number of alkyl halides is 2. The number of amides is 2. The zero-order valence-electron chi connectivity index (χ0n) is 16.6. The number of nitrogens with zero attached hydrogens (tertiary/aromatic N) is 3. The number of aromatic nitrogens is 2. The smallest absolute Gasteiger partial charge is 0.416 e. The van der Waals surface area contributed by atoms with Crippen LogP contribution >= 0.6 is 0 Å². The maximum Gasteiger partial charge on any atom is 0.416 e. The van der Waals surface area contributed by atoms with Gasteiger partial charge in [-0.3, -0.25) is 4.79 Å². The number of hydrogen-bond donors (Lipinski definition) is 2. The molecular formula is C20H21F2N5O4. The summed E-state index contributed by atoms with van der Waals surface area (Å²) in [5.41, 5.74) is 8.97. The number of benzene rings is 1. The van der Waals surface area contributed by atoms with Crippen LogP contribution in [0.4, 0.5) is 25.1 Å². The Morgan fingerprint density at radius 1 is 1.32 bits per heavy atom. The first-order chi connectivity index (χ1) is 14.9. The van der Waals surface area contributed by atoms with E-state index in [-0.39, 0.29) is 19.0 Å². The highest BCUT2D eigenvalue weighted by Gasteiger charge is 2.42. The van der Waals surface area contributed by atoms with Crippen molar-refractivity contribution in [1.29, 1.82) is 0 Å². The van der Waals surface area contributed by atoms with Gasteiger partial charge in [-0.2, -0.15) is 0 Å². The SMILES string of the molecule is NC(=O)CNc1cc2c(c3c1CCC3)-c1nc(N3C(=O)OCC3C(F)F)cn1CCO2. The lowest BCUT2D eigenvalue weighted by Gasteiger charge is -2.18. The van der Waals surface area contributed by atoms with Gasteiger partial charge in [0.25, 0.3) is 6.43 Å². The van der Waals surface area contributed by atoms with Crippen molar-refractivity contribution in [1.82, 2.24) is 9.55 Å². The van der Waals surface area contributed by atoms with Gasteiger partial charge in [-0.1, -0.05) is 0 Å². The number of hydrogen-bond acceptors (Lipinski definition) is 6. The number of primary amides is 1. The van der Waals surface area contributed by atoms with Crippen LogP contribution in [0.1, 0.15) is 17.5 Å². The van der Waals surface area contributed by atoms with Crippen LogP contribution in [-0.2, 0) is 28.9 Å². The molecule has 0 spiro atoms. The first-order valence-corrected chi connectivity index (χ1v) is 10.1. The maximum absolute atomic E-state index is 13.4. The Morgan fingerprint density at radius 3 is 2.90 bits per heavy atom. The Balaban J connectivity index is 1.60. The number of nitrogens with one attached hydrogen (secondary N) is 1. The van der Waals surface area contributed by atoms with Crippen LogP contribution in [-0.4, -0.2) is 53.8 Å². The molecule has 1 aromatic carbocycles. The first-order valence-electron chi connectivity index (χ1n) is 10.1. The quantitative estimate of drug-likeness (QED) is 0.745. The monoisotopic (exact) mass is 433 g/mol. The molecule has 1 unspecified atom stereocenters. The highest BCUT2D eigenvalue weighted by molar-refractivity contribution is 5.90. The summed E-state index contributed by atoms with van der Waals surface area (Å²) in [5, 5.41) is 3.08. The number of cyclic esters (lactones) is 1. The van der Waals surface area contributed by atoms with Crippen LogP contribution in [0.25, 0.3) is 11.4 Å². The molecule has 164 valence electrons. The Labute approximate surface area is 176 Å². The highest BCUT2D eigenvalue weighted by Crippen LogP contribution is 2.45. The lowest BCUT2D eigenvalue weighted by molar-refractivity contribution is -0.116. The maximum atomic E-state index is 13.4. The number of anilines is 2. The highest BCUT2D eigenvalue weighted by atomic mass is 19.3. The van der Waals surface area contributed by atoms with E-state index in [1.165, 1.54) is 0 Å². The summed E-state index contributed by atoms with van der Waals surface area (Å²) in [6.07, 6.45) is 0.564. The van der Waals surface area contributed by atoms with E-state index in [0.29, 0.717) is 24.7 Å². The zero-order valence-corrected chi connectivity index (χ0v) is 16.6. The molecule has 31 heavy (non-hydrogen) atoms. The summed E-state index contributed by atoms with van der Waals surface area (Å²) in [6, 6.07) is 0.465. The van der Waals surface area contributed by atoms with E-state index in [1.54, 1.807) is 6.20 Å². The molecule has 1 fully saturated rings. The van der Waals surface area contributed by atoms with Crippen molar-refractivity contribution in [3.8, 4) is 17.1 Å². The second-order valence-corrected chi connectivity index (χ2v) is 7.74. The lowest BCUT2D eigenvalue weighted by atomic mass is 9.99. The van der Waals surface area contributed by atoms with Crippen molar-refractivity contribution in [2.24, 2.45) is 5.73 Å². The zero-order chi connectivity index (χ0) is 21.7. The second-order valence-electron chi connectivity index (χ2n) is 7.74. The van der Waals surface area contributed by atoms with Gasteiger partial charge in [0.2, 0.25) is 5.91 Å². The van der Waals surface area contributed by atoms with Crippen molar-refractivity contribution in [3.63, 3.8) is 0 Å². The summed E-state index contributed by atoms with van der Waals surface area (Å²) < 4.78 is 39.5. The molecular weight excluding hydrogens is 412 g/mol. The lowest BCUT2D eigenvalue weighted by Crippen LogP contribution is -2.38. The minimum absolute atomic E-state index is 0.0100. The molecule has 1 aromatic heterocycles. The molecule has 5 rings (SSSR count). The number of ether oxygens (including phenoxy) is 2. The number of rotatable bonds is 5. The molecule has 0 saturated carbocycles.